The number of hydrogen-bond acceptors (Lipinski definition) is 3. The highest BCUT2D eigenvalue weighted by molar-refractivity contribution is 8.00. The molecule has 3 nitrogen and oxygen atoms in total. The van der Waals surface area contributed by atoms with Gasteiger partial charge in [-0.15, -0.1) is 11.8 Å². The van der Waals surface area contributed by atoms with Crippen LogP contribution in [0.25, 0.3) is 0 Å². The summed E-state index contributed by atoms with van der Waals surface area (Å²) in [6.45, 7) is 1.61. The predicted molar refractivity (Wildman–Crippen MR) is 81.2 cm³/mol. The SMILES string of the molecule is CC(Sc1cc(F)ccc1F)C(=O)Nc1ccccc1N. The second-order valence-corrected chi connectivity index (χ2v) is 5.79. The number of hydrogen-bond donors (Lipinski definition) is 2. The zero-order chi connectivity index (χ0) is 15.4. The molecule has 3 N–H and O–H groups in total. The van der Waals surface area contributed by atoms with Gasteiger partial charge in [-0.05, 0) is 37.3 Å². The second kappa shape index (κ2) is 6.58. The highest BCUT2D eigenvalue weighted by Crippen LogP contribution is 2.28. The molecule has 1 atom stereocenters. The fourth-order valence-electron chi connectivity index (χ4n) is 1.66. The van der Waals surface area contributed by atoms with Gasteiger partial charge in [0.2, 0.25) is 5.91 Å². The van der Waals surface area contributed by atoms with Crippen LogP contribution in [0.5, 0.6) is 0 Å². The molecule has 0 bridgehead atoms. The van der Waals surface area contributed by atoms with Crippen LogP contribution in [0.3, 0.4) is 0 Å². The molecular weight excluding hydrogens is 294 g/mol. The molecule has 0 aliphatic rings. The maximum Gasteiger partial charge on any atom is 0.237 e. The Morgan fingerprint density at radius 2 is 1.95 bits per heavy atom. The maximum atomic E-state index is 13.5. The van der Waals surface area contributed by atoms with Gasteiger partial charge in [-0.3, -0.25) is 4.79 Å². The summed E-state index contributed by atoms with van der Waals surface area (Å²) in [4.78, 5) is 12.2. The summed E-state index contributed by atoms with van der Waals surface area (Å²) >= 11 is 0.950. The summed E-state index contributed by atoms with van der Waals surface area (Å²) < 4.78 is 26.6. The van der Waals surface area contributed by atoms with Crippen molar-refractivity contribution in [3.63, 3.8) is 0 Å². The van der Waals surface area contributed by atoms with Gasteiger partial charge in [-0.25, -0.2) is 8.78 Å². The van der Waals surface area contributed by atoms with E-state index in [0.29, 0.717) is 11.4 Å². The number of para-hydroxylation sites is 2. The van der Waals surface area contributed by atoms with Gasteiger partial charge in [0, 0.05) is 4.90 Å². The van der Waals surface area contributed by atoms with Crippen LogP contribution >= 0.6 is 11.8 Å². The minimum absolute atomic E-state index is 0.0960. The summed E-state index contributed by atoms with van der Waals surface area (Å²) in [5.41, 5.74) is 6.67. The summed E-state index contributed by atoms with van der Waals surface area (Å²) in [6.07, 6.45) is 0. The number of nitrogens with one attached hydrogen (secondary N) is 1. The van der Waals surface area contributed by atoms with E-state index in [1.807, 2.05) is 0 Å². The number of carbonyl (C=O) groups is 1. The topological polar surface area (TPSA) is 55.1 Å². The first-order valence-electron chi connectivity index (χ1n) is 6.24. The molecular formula is C15H14F2N2OS. The van der Waals surface area contributed by atoms with Gasteiger partial charge >= 0.3 is 0 Å². The van der Waals surface area contributed by atoms with E-state index in [2.05, 4.69) is 5.32 Å². The van der Waals surface area contributed by atoms with Crippen molar-refractivity contribution in [3.05, 3.63) is 54.1 Å². The molecule has 0 aliphatic carbocycles. The molecule has 2 aromatic carbocycles. The lowest BCUT2D eigenvalue weighted by atomic mass is 10.2. The van der Waals surface area contributed by atoms with Crippen molar-refractivity contribution in [3.8, 4) is 0 Å². The van der Waals surface area contributed by atoms with Crippen LogP contribution in [-0.4, -0.2) is 11.2 Å². The number of carbonyl (C=O) groups excluding carboxylic acids is 1. The van der Waals surface area contributed by atoms with Gasteiger partial charge in [0.25, 0.3) is 0 Å². The Morgan fingerprint density at radius 3 is 2.67 bits per heavy atom. The van der Waals surface area contributed by atoms with Crippen molar-refractivity contribution in [2.75, 3.05) is 11.1 Å². The first-order valence-corrected chi connectivity index (χ1v) is 7.12. The van der Waals surface area contributed by atoms with E-state index in [0.717, 1.165) is 30.0 Å². The van der Waals surface area contributed by atoms with E-state index in [1.165, 1.54) is 0 Å². The largest absolute Gasteiger partial charge is 0.397 e. The van der Waals surface area contributed by atoms with Gasteiger partial charge in [0.1, 0.15) is 11.6 Å². The van der Waals surface area contributed by atoms with Crippen molar-refractivity contribution < 1.29 is 13.6 Å². The molecule has 1 unspecified atom stereocenters. The molecule has 1 amide bonds. The number of nitrogen functional groups attached to an aromatic ring is 1. The van der Waals surface area contributed by atoms with Crippen LogP contribution < -0.4 is 11.1 Å². The third-order valence-corrected chi connectivity index (χ3v) is 3.92. The number of rotatable bonds is 4. The summed E-state index contributed by atoms with van der Waals surface area (Å²) in [7, 11) is 0. The monoisotopic (exact) mass is 308 g/mol. The third kappa shape index (κ3) is 3.95. The average Bonchev–Trinajstić information content (AvgIpc) is 2.45. The number of halogens is 2. The summed E-state index contributed by atoms with van der Waals surface area (Å²) in [5, 5.41) is 2.07. The normalized spacial score (nSPS) is 12.0. The van der Waals surface area contributed by atoms with Crippen LogP contribution in [0.1, 0.15) is 6.92 Å². The molecule has 0 aromatic heterocycles. The van der Waals surface area contributed by atoms with Crippen LogP contribution in [-0.2, 0) is 4.79 Å². The molecule has 2 rings (SSSR count). The van der Waals surface area contributed by atoms with Gasteiger partial charge < -0.3 is 11.1 Å². The van der Waals surface area contributed by atoms with E-state index in [-0.39, 0.29) is 10.8 Å². The minimum atomic E-state index is -0.596. The van der Waals surface area contributed by atoms with Gasteiger partial charge in [0.15, 0.2) is 0 Å². The van der Waals surface area contributed by atoms with Crippen molar-refractivity contribution >= 4 is 29.0 Å². The van der Waals surface area contributed by atoms with Crippen LogP contribution in [0.4, 0.5) is 20.2 Å². The van der Waals surface area contributed by atoms with E-state index in [4.69, 9.17) is 5.73 Å². The van der Waals surface area contributed by atoms with Crippen molar-refractivity contribution in [1.29, 1.82) is 0 Å². The first-order chi connectivity index (χ1) is 9.97. The summed E-state index contributed by atoms with van der Waals surface area (Å²) in [5.74, 6) is -1.43. The molecule has 0 heterocycles. The molecule has 0 saturated heterocycles. The highest BCUT2D eigenvalue weighted by atomic mass is 32.2. The predicted octanol–water partition coefficient (Wildman–Crippen LogP) is 3.67. The number of benzene rings is 2. The van der Waals surface area contributed by atoms with Gasteiger partial charge in [-0.1, -0.05) is 12.1 Å². The molecule has 0 fully saturated rings. The zero-order valence-corrected chi connectivity index (χ0v) is 12.1. The lowest BCUT2D eigenvalue weighted by molar-refractivity contribution is -0.115. The van der Waals surface area contributed by atoms with Crippen molar-refractivity contribution in [2.45, 2.75) is 17.1 Å². The van der Waals surface area contributed by atoms with Gasteiger partial charge in [0.05, 0.1) is 16.6 Å². The molecule has 0 aliphatic heterocycles. The Labute approximate surface area is 125 Å². The lowest BCUT2D eigenvalue weighted by Gasteiger charge is -2.13. The first kappa shape index (κ1) is 15.3. The van der Waals surface area contributed by atoms with Crippen LogP contribution in [0.2, 0.25) is 0 Å². The maximum absolute atomic E-state index is 13.5. The molecule has 0 radical (unpaired) electrons. The molecule has 0 spiro atoms. The van der Waals surface area contributed by atoms with Gasteiger partial charge in [-0.2, -0.15) is 0 Å². The Bertz CT molecular complexity index is 664. The quantitative estimate of drug-likeness (QED) is 0.669. The minimum Gasteiger partial charge on any atom is -0.397 e. The fraction of sp³-hybridized carbons (Fsp3) is 0.133. The Kier molecular flexibility index (Phi) is 4.80. The highest BCUT2D eigenvalue weighted by Gasteiger charge is 2.17. The smallest absolute Gasteiger partial charge is 0.237 e. The van der Waals surface area contributed by atoms with Crippen molar-refractivity contribution in [1.82, 2.24) is 0 Å². The lowest BCUT2D eigenvalue weighted by Crippen LogP contribution is -2.23. The number of thioether (sulfide) groups is 1. The standard InChI is InChI=1S/C15H14F2N2OS/c1-9(21-14-8-10(16)6-7-11(14)17)15(20)19-13-5-3-2-4-12(13)18/h2-9H,18H2,1H3,(H,19,20). The summed E-state index contributed by atoms with van der Waals surface area (Å²) in [6, 6.07) is 9.99. The average molecular weight is 308 g/mol. The van der Waals surface area contributed by atoms with Crippen molar-refractivity contribution in [2.24, 2.45) is 0 Å². The number of anilines is 2. The molecule has 0 saturated carbocycles. The van der Waals surface area contributed by atoms with E-state index in [1.54, 1.807) is 31.2 Å². The number of nitrogens with two attached hydrogens (primary N) is 1. The zero-order valence-electron chi connectivity index (χ0n) is 11.3. The van der Waals surface area contributed by atoms with E-state index >= 15 is 0 Å². The second-order valence-electron chi connectivity index (χ2n) is 4.41. The fourth-order valence-corrected chi connectivity index (χ4v) is 2.56. The molecule has 21 heavy (non-hydrogen) atoms. The molecule has 110 valence electrons. The van der Waals surface area contributed by atoms with Crippen LogP contribution in [0, 0.1) is 11.6 Å². The van der Waals surface area contributed by atoms with Crippen LogP contribution in [0.15, 0.2) is 47.4 Å². The Balaban J connectivity index is 2.06. The van der Waals surface area contributed by atoms with E-state index in [9.17, 15) is 13.6 Å². The Hall–Kier alpha value is -2.08. The van der Waals surface area contributed by atoms with E-state index < -0.39 is 16.9 Å². The Morgan fingerprint density at radius 1 is 1.24 bits per heavy atom. The number of amides is 1. The molecule has 2 aromatic rings. The third-order valence-electron chi connectivity index (χ3n) is 2.78. The molecule has 6 heteroatoms.